The van der Waals surface area contributed by atoms with Crippen LogP contribution in [-0.4, -0.2) is 75.7 Å². The van der Waals surface area contributed by atoms with Crippen LogP contribution in [0.3, 0.4) is 0 Å². The molecule has 8 nitrogen and oxygen atoms in total. The van der Waals surface area contributed by atoms with Crippen LogP contribution in [0, 0.1) is 0 Å². The molecule has 0 saturated carbocycles. The summed E-state index contributed by atoms with van der Waals surface area (Å²) < 4.78 is 5.72. The van der Waals surface area contributed by atoms with Crippen molar-refractivity contribution in [1.82, 2.24) is 4.90 Å². The van der Waals surface area contributed by atoms with E-state index < -0.39 is 18.0 Å². The van der Waals surface area contributed by atoms with Crippen LogP contribution in [0.2, 0.25) is 5.02 Å². The number of hydrogen-bond donors (Lipinski definition) is 4. The van der Waals surface area contributed by atoms with Gasteiger partial charge in [0.1, 0.15) is 0 Å². The van der Waals surface area contributed by atoms with Crippen LogP contribution in [0.25, 0.3) is 0 Å². The van der Waals surface area contributed by atoms with E-state index in [9.17, 15) is 10.2 Å². The first-order chi connectivity index (χ1) is 12.7. The quantitative estimate of drug-likeness (QED) is 0.525. The highest BCUT2D eigenvalue weighted by molar-refractivity contribution is 6.30. The molecule has 0 aromatic heterocycles. The molecule has 1 heterocycles. The van der Waals surface area contributed by atoms with Gasteiger partial charge in [0.05, 0.1) is 24.9 Å². The van der Waals surface area contributed by atoms with Gasteiger partial charge in [0, 0.05) is 18.1 Å². The van der Waals surface area contributed by atoms with E-state index in [2.05, 4.69) is 4.90 Å². The molecular weight excluding hydrogens is 378 g/mol. The van der Waals surface area contributed by atoms with Crippen LogP contribution in [-0.2, 0) is 14.3 Å². The third-order valence-electron chi connectivity index (χ3n) is 4.01. The van der Waals surface area contributed by atoms with Crippen LogP contribution in [0.1, 0.15) is 31.4 Å². The smallest absolute Gasteiger partial charge is 0.414 e. The number of aliphatic hydroxyl groups is 2. The summed E-state index contributed by atoms with van der Waals surface area (Å²) in [4.78, 5) is 20.3. The summed E-state index contributed by atoms with van der Waals surface area (Å²) in [5, 5.41) is 35.2. The zero-order chi connectivity index (χ0) is 20.4. The lowest BCUT2D eigenvalue weighted by molar-refractivity contribution is -0.159. The zero-order valence-corrected chi connectivity index (χ0v) is 15.9. The summed E-state index contributed by atoms with van der Waals surface area (Å²) >= 11 is 5.86. The lowest BCUT2D eigenvalue weighted by atomic mass is 10.1. The van der Waals surface area contributed by atoms with Crippen molar-refractivity contribution in [1.29, 1.82) is 0 Å². The number of β-amino-alcohol motifs (C(OH)–C–C–N with tert-alkyl or cyclic N) is 2. The maximum Gasteiger partial charge on any atom is 0.414 e. The SMILES string of the molecule is CC(OCC(O)CN1CCCC(O)C1)c1ccc(Cl)cc1.O=C(O)C(=O)O. The maximum atomic E-state index is 10.1. The average Bonchev–Trinajstić information content (AvgIpc) is 2.61. The first kappa shape index (κ1) is 23.3. The Morgan fingerprint density at radius 2 is 1.85 bits per heavy atom. The third kappa shape index (κ3) is 9.69. The number of nitrogens with zero attached hydrogens (tertiary/aromatic N) is 1. The van der Waals surface area contributed by atoms with Crippen molar-refractivity contribution in [3.63, 3.8) is 0 Å². The second-order valence-electron chi connectivity index (χ2n) is 6.35. The fraction of sp³-hybridized carbons (Fsp3) is 0.556. The van der Waals surface area contributed by atoms with Gasteiger partial charge >= 0.3 is 11.9 Å². The summed E-state index contributed by atoms with van der Waals surface area (Å²) in [6.07, 6.45) is 0.959. The molecule has 0 amide bonds. The Balaban J connectivity index is 0.000000527. The minimum absolute atomic E-state index is 0.0798. The average molecular weight is 404 g/mol. The molecule has 27 heavy (non-hydrogen) atoms. The maximum absolute atomic E-state index is 10.1. The number of likely N-dealkylation sites (tertiary alicyclic amines) is 1. The van der Waals surface area contributed by atoms with Crippen molar-refractivity contribution in [2.24, 2.45) is 0 Å². The normalized spacial score (nSPS) is 19.5. The fourth-order valence-electron chi connectivity index (χ4n) is 2.63. The number of carbonyl (C=O) groups is 2. The molecule has 0 bridgehead atoms. The molecule has 1 aromatic carbocycles. The van der Waals surface area contributed by atoms with Gasteiger partial charge in [0.15, 0.2) is 0 Å². The second-order valence-corrected chi connectivity index (χ2v) is 6.78. The summed E-state index contributed by atoms with van der Waals surface area (Å²) in [5.74, 6) is -3.65. The highest BCUT2D eigenvalue weighted by Gasteiger charge is 2.20. The first-order valence-electron chi connectivity index (χ1n) is 8.60. The third-order valence-corrected chi connectivity index (χ3v) is 4.26. The van der Waals surface area contributed by atoms with E-state index in [1.54, 1.807) is 0 Å². The van der Waals surface area contributed by atoms with Gasteiger partial charge in [-0.25, -0.2) is 9.59 Å². The van der Waals surface area contributed by atoms with Gasteiger partial charge in [-0.2, -0.15) is 0 Å². The predicted octanol–water partition coefficient (Wildman–Crippen LogP) is 1.39. The molecule has 4 N–H and O–H groups in total. The molecule has 1 aliphatic heterocycles. The Kier molecular flexibility index (Phi) is 10.3. The van der Waals surface area contributed by atoms with Crippen molar-refractivity contribution in [2.75, 3.05) is 26.2 Å². The van der Waals surface area contributed by atoms with Gasteiger partial charge in [0.25, 0.3) is 0 Å². The van der Waals surface area contributed by atoms with Crippen LogP contribution in [0.4, 0.5) is 0 Å². The van der Waals surface area contributed by atoms with E-state index in [0.717, 1.165) is 24.9 Å². The van der Waals surface area contributed by atoms with Crippen molar-refractivity contribution in [3.8, 4) is 0 Å². The van der Waals surface area contributed by atoms with Gasteiger partial charge in [-0.3, -0.25) is 4.90 Å². The van der Waals surface area contributed by atoms with Crippen LogP contribution in [0.5, 0.6) is 0 Å². The Bertz CT molecular complexity index is 584. The molecular formula is C18H26ClNO7. The van der Waals surface area contributed by atoms with Gasteiger partial charge in [-0.15, -0.1) is 0 Å². The number of carboxylic acids is 2. The number of rotatable bonds is 6. The molecule has 2 rings (SSSR count). The largest absolute Gasteiger partial charge is 0.473 e. The molecule has 3 atom stereocenters. The summed E-state index contributed by atoms with van der Waals surface area (Å²) in [6.45, 7) is 4.37. The van der Waals surface area contributed by atoms with E-state index in [1.165, 1.54) is 0 Å². The molecule has 1 aliphatic rings. The van der Waals surface area contributed by atoms with Crippen molar-refractivity contribution >= 4 is 23.5 Å². The highest BCUT2D eigenvalue weighted by Crippen LogP contribution is 2.19. The molecule has 0 spiro atoms. The minimum Gasteiger partial charge on any atom is -0.473 e. The standard InChI is InChI=1S/C16H24ClNO3.C2H2O4/c1-12(13-4-6-14(17)7-5-13)21-11-16(20)10-18-8-2-3-15(19)9-18;3-1(4)2(5)6/h4-7,12,15-16,19-20H,2-3,8-11H2,1H3;(H,3,4)(H,5,6). The van der Waals surface area contributed by atoms with E-state index in [0.29, 0.717) is 18.1 Å². The van der Waals surface area contributed by atoms with E-state index in [1.807, 2.05) is 31.2 Å². The molecule has 0 aliphatic carbocycles. The summed E-state index contributed by atoms with van der Waals surface area (Å²) in [7, 11) is 0. The molecule has 1 saturated heterocycles. The number of benzene rings is 1. The zero-order valence-electron chi connectivity index (χ0n) is 15.1. The number of carboxylic acid groups (broad SMARTS) is 2. The second kappa shape index (κ2) is 11.9. The van der Waals surface area contributed by atoms with Crippen LogP contribution < -0.4 is 0 Å². The fourth-order valence-corrected chi connectivity index (χ4v) is 2.76. The molecule has 9 heteroatoms. The van der Waals surface area contributed by atoms with Gasteiger partial charge in [-0.1, -0.05) is 23.7 Å². The first-order valence-corrected chi connectivity index (χ1v) is 8.98. The number of aliphatic carboxylic acids is 2. The lowest BCUT2D eigenvalue weighted by Crippen LogP contribution is -2.43. The molecule has 0 radical (unpaired) electrons. The molecule has 1 aromatic rings. The van der Waals surface area contributed by atoms with Gasteiger partial charge in [-0.05, 0) is 44.0 Å². The van der Waals surface area contributed by atoms with E-state index in [-0.39, 0.29) is 18.8 Å². The van der Waals surface area contributed by atoms with E-state index >= 15 is 0 Å². The van der Waals surface area contributed by atoms with Crippen LogP contribution in [0.15, 0.2) is 24.3 Å². The topological polar surface area (TPSA) is 128 Å². The molecule has 3 unspecified atom stereocenters. The Labute approximate surface area is 162 Å². The monoisotopic (exact) mass is 403 g/mol. The number of halogens is 1. The van der Waals surface area contributed by atoms with Crippen molar-refractivity contribution < 1.29 is 34.8 Å². The number of hydrogen-bond acceptors (Lipinski definition) is 6. The number of ether oxygens (including phenoxy) is 1. The molecule has 1 fully saturated rings. The lowest BCUT2D eigenvalue weighted by Gasteiger charge is -2.31. The Hall–Kier alpha value is -1.71. The Morgan fingerprint density at radius 1 is 1.26 bits per heavy atom. The minimum atomic E-state index is -1.82. The summed E-state index contributed by atoms with van der Waals surface area (Å²) in [5.41, 5.74) is 1.04. The summed E-state index contributed by atoms with van der Waals surface area (Å²) in [6, 6.07) is 7.53. The van der Waals surface area contributed by atoms with Crippen LogP contribution >= 0.6 is 11.6 Å². The van der Waals surface area contributed by atoms with Gasteiger partial charge < -0.3 is 25.2 Å². The van der Waals surface area contributed by atoms with E-state index in [4.69, 9.17) is 36.1 Å². The number of aliphatic hydroxyl groups excluding tert-OH is 2. The Morgan fingerprint density at radius 3 is 2.37 bits per heavy atom. The van der Waals surface area contributed by atoms with Crippen molar-refractivity contribution in [2.45, 2.75) is 38.1 Å². The number of piperidine rings is 1. The predicted molar refractivity (Wildman–Crippen MR) is 98.8 cm³/mol. The highest BCUT2D eigenvalue weighted by atomic mass is 35.5. The molecule has 152 valence electrons. The van der Waals surface area contributed by atoms with Crippen molar-refractivity contribution in [3.05, 3.63) is 34.9 Å². The van der Waals surface area contributed by atoms with Gasteiger partial charge in [0.2, 0.25) is 0 Å².